The van der Waals surface area contributed by atoms with Crippen LogP contribution in [0.15, 0.2) is 48.5 Å². The van der Waals surface area contributed by atoms with Crippen LogP contribution in [0.2, 0.25) is 0 Å². The minimum atomic E-state index is -1.31. The zero-order valence-electron chi connectivity index (χ0n) is 16.8. The van der Waals surface area contributed by atoms with Gasteiger partial charge in [0.05, 0.1) is 33.4 Å². The highest BCUT2D eigenvalue weighted by molar-refractivity contribution is 6.20. The monoisotopic (exact) mass is 458 g/mol. The maximum absolute atomic E-state index is 12.2. The number of carbonyl (C=O) groups is 6. The molecule has 2 aliphatic heterocycles. The molecular formula is C24H10O10. The molecule has 10 nitrogen and oxygen atoms in total. The van der Waals surface area contributed by atoms with Crippen molar-refractivity contribution in [2.45, 2.75) is 0 Å². The van der Waals surface area contributed by atoms with Crippen molar-refractivity contribution in [2.24, 2.45) is 0 Å². The molecule has 3 aromatic rings. The van der Waals surface area contributed by atoms with E-state index in [0.29, 0.717) is 11.1 Å². The number of aromatic carboxylic acids is 2. The van der Waals surface area contributed by atoms with Crippen molar-refractivity contribution < 1.29 is 48.5 Å². The van der Waals surface area contributed by atoms with Crippen LogP contribution in [0.5, 0.6) is 0 Å². The molecule has 5 rings (SSSR count). The molecule has 0 atom stereocenters. The first-order chi connectivity index (χ1) is 16.2. The highest BCUT2D eigenvalue weighted by Gasteiger charge is 2.35. The quantitative estimate of drug-likeness (QED) is 0.439. The second kappa shape index (κ2) is 7.20. The van der Waals surface area contributed by atoms with Gasteiger partial charge in [-0.05, 0) is 46.5 Å². The zero-order chi connectivity index (χ0) is 24.3. The van der Waals surface area contributed by atoms with Gasteiger partial charge in [-0.1, -0.05) is 24.3 Å². The summed E-state index contributed by atoms with van der Waals surface area (Å²) in [5, 5.41) is 18.8. The van der Waals surface area contributed by atoms with Crippen LogP contribution in [0.1, 0.15) is 62.1 Å². The van der Waals surface area contributed by atoms with Crippen LogP contribution in [-0.4, -0.2) is 46.0 Å². The fourth-order valence-electron chi connectivity index (χ4n) is 3.96. The molecule has 2 aliphatic rings. The van der Waals surface area contributed by atoms with Crippen LogP contribution < -0.4 is 0 Å². The summed E-state index contributed by atoms with van der Waals surface area (Å²) in [4.78, 5) is 71.4. The van der Waals surface area contributed by atoms with Crippen LogP contribution in [0.4, 0.5) is 0 Å². The molecule has 0 saturated heterocycles. The minimum absolute atomic E-state index is 0.0781. The Kier molecular flexibility index (Phi) is 4.40. The molecule has 0 amide bonds. The average Bonchev–Trinajstić information content (AvgIpc) is 3.27. The summed E-state index contributed by atoms with van der Waals surface area (Å²) in [6.45, 7) is 0. The number of carboxylic acids is 2. The summed E-state index contributed by atoms with van der Waals surface area (Å²) in [6, 6.07) is 10.6. The van der Waals surface area contributed by atoms with Gasteiger partial charge in [0.25, 0.3) is 0 Å². The minimum Gasteiger partial charge on any atom is -0.478 e. The number of benzene rings is 3. The SMILES string of the molecule is O=C(O)c1cc2c(c(-c3ccc(-c4cc(C(=O)O)cc5c4C(=O)OC5=O)cc3)c1)C(=O)OC2=O. The van der Waals surface area contributed by atoms with Crippen LogP contribution in [0, 0.1) is 0 Å². The Morgan fingerprint density at radius 1 is 0.529 bits per heavy atom. The normalized spacial score (nSPS) is 13.9. The van der Waals surface area contributed by atoms with E-state index in [4.69, 9.17) is 0 Å². The van der Waals surface area contributed by atoms with Gasteiger partial charge < -0.3 is 19.7 Å². The number of carboxylic acid groups (broad SMARTS) is 2. The molecule has 3 aromatic carbocycles. The molecule has 0 fully saturated rings. The van der Waals surface area contributed by atoms with Crippen LogP contribution in [0.25, 0.3) is 22.3 Å². The largest absolute Gasteiger partial charge is 0.478 e. The van der Waals surface area contributed by atoms with Crippen LogP contribution in [0.3, 0.4) is 0 Å². The molecule has 2 N–H and O–H groups in total. The van der Waals surface area contributed by atoms with Crippen molar-refractivity contribution >= 4 is 35.8 Å². The predicted molar refractivity (Wildman–Crippen MR) is 111 cm³/mol. The van der Waals surface area contributed by atoms with Crippen LogP contribution in [-0.2, 0) is 9.47 Å². The van der Waals surface area contributed by atoms with E-state index >= 15 is 0 Å². The van der Waals surface area contributed by atoms with Crippen molar-refractivity contribution in [1.82, 2.24) is 0 Å². The maximum Gasteiger partial charge on any atom is 0.347 e. The van der Waals surface area contributed by atoms with E-state index < -0.39 is 35.8 Å². The van der Waals surface area contributed by atoms with Gasteiger partial charge in [0.15, 0.2) is 0 Å². The average molecular weight is 458 g/mol. The molecule has 0 spiro atoms. The van der Waals surface area contributed by atoms with Crippen molar-refractivity contribution in [3.63, 3.8) is 0 Å². The first-order valence-corrected chi connectivity index (χ1v) is 9.62. The third-order valence-corrected chi connectivity index (χ3v) is 5.50. The number of fused-ring (bicyclic) bond motifs is 2. The van der Waals surface area contributed by atoms with Crippen molar-refractivity contribution in [3.8, 4) is 22.3 Å². The molecule has 10 heteroatoms. The van der Waals surface area contributed by atoms with E-state index in [0.717, 1.165) is 12.1 Å². The number of hydrogen-bond donors (Lipinski definition) is 2. The number of carbonyl (C=O) groups excluding carboxylic acids is 4. The molecule has 0 saturated carbocycles. The Bertz CT molecular complexity index is 1400. The van der Waals surface area contributed by atoms with Crippen molar-refractivity contribution in [2.75, 3.05) is 0 Å². The van der Waals surface area contributed by atoms with E-state index in [2.05, 4.69) is 9.47 Å². The van der Waals surface area contributed by atoms with Gasteiger partial charge >= 0.3 is 35.8 Å². The smallest absolute Gasteiger partial charge is 0.347 e. The Morgan fingerprint density at radius 2 is 0.853 bits per heavy atom. The topological polar surface area (TPSA) is 161 Å². The summed E-state index contributed by atoms with van der Waals surface area (Å²) in [6.07, 6.45) is 0. The summed E-state index contributed by atoms with van der Waals surface area (Å²) < 4.78 is 9.24. The molecule has 0 aliphatic carbocycles. The first kappa shape index (κ1) is 20.8. The number of cyclic esters (lactones) is 4. The Labute approximate surface area is 189 Å². The molecule has 0 bridgehead atoms. The maximum atomic E-state index is 12.2. The number of rotatable bonds is 4. The molecule has 0 aromatic heterocycles. The fraction of sp³-hybridized carbons (Fsp3) is 0. The van der Waals surface area contributed by atoms with E-state index in [9.17, 15) is 39.0 Å². The number of hydrogen-bond acceptors (Lipinski definition) is 8. The molecular weight excluding hydrogens is 448 g/mol. The van der Waals surface area contributed by atoms with Gasteiger partial charge in [0, 0.05) is 0 Å². The highest BCUT2D eigenvalue weighted by atomic mass is 16.6. The third kappa shape index (κ3) is 3.05. The summed E-state index contributed by atoms with van der Waals surface area (Å²) in [5.41, 5.74) is 0.0768. The Balaban J connectivity index is 1.67. The zero-order valence-corrected chi connectivity index (χ0v) is 16.8. The Hall–Kier alpha value is -5.12. The fourth-order valence-corrected chi connectivity index (χ4v) is 3.96. The lowest BCUT2D eigenvalue weighted by Gasteiger charge is -2.11. The second-order valence-electron chi connectivity index (χ2n) is 7.43. The van der Waals surface area contributed by atoms with E-state index in [1.54, 1.807) is 0 Å². The summed E-state index contributed by atoms with van der Waals surface area (Å²) >= 11 is 0. The van der Waals surface area contributed by atoms with Gasteiger partial charge in [-0.2, -0.15) is 0 Å². The third-order valence-electron chi connectivity index (χ3n) is 5.50. The highest BCUT2D eigenvalue weighted by Crippen LogP contribution is 2.36. The molecule has 2 heterocycles. The summed E-state index contributed by atoms with van der Waals surface area (Å²) in [7, 11) is 0. The van der Waals surface area contributed by atoms with Gasteiger partial charge in [-0.25, -0.2) is 28.8 Å². The lowest BCUT2D eigenvalue weighted by Crippen LogP contribution is -2.04. The lowest BCUT2D eigenvalue weighted by atomic mass is 9.90. The number of esters is 4. The lowest BCUT2D eigenvalue weighted by molar-refractivity contribution is 0.0426. The van der Waals surface area contributed by atoms with E-state index in [1.165, 1.54) is 36.4 Å². The first-order valence-electron chi connectivity index (χ1n) is 9.62. The molecule has 34 heavy (non-hydrogen) atoms. The standard InChI is InChI=1S/C24H10O10/c25-19(26)11-5-13(17-15(7-11)21(29)33-23(17)31)9-1-2-10(4-3-9)14-6-12(20(27)28)8-16-18(14)24(32)34-22(16)30/h1-8H,(H,25,26)(H,27,28). The predicted octanol–water partition coefficient (Wildman–Crippen LogP) is 3.04. The van der Waals surface area contributed by atoms with Gasteiger partial charge in [0.2, 0.25) is 0 Å². The second-order valence-corrected chi connectivity index (χ2v) is 7.43. The molecule has 0 unspecified atom stereocenters. The van der Waals surface area contributed by atoms with Crippen molar-refractivity contribution in [1.29, 1.82) is 0 Å². The van der Waals surface area contributed by atoms with Gasteiger partial charge in [-0.15, -0.1) is 0 Å². The van der Waals surface area contributed by atoms with Crippen molar-refractivity contribution in [3.05, 3.63) is 81.9 Å². The van der Waals surface area contributed by atoms with E-state index in [1.807, 2.05) is 0 Å². The Morgan fingerprint density at radius 3 is 1.18 bits per heavy atom. The van der Waals surface area contributed by atoms with Crippen LogP contribution >= 0.6 is 0 Å². The molecule has 166 valence electrons. The molecule has 0 radical (unpaired) electrons. The van der Waals surface area contributed by atoms with Gasteiger partial charge in [-0.3, -0.25) is 0 Å². The number of ether oxygens (including phenoxy) is 2. The van der Waals surface area contributed by atoms with Gasteiger partial charge in [0.1, 0.15) is 0 Å². The summed E-state index contributed by atoms with van der Waals surface area (Å²) in [5.74, 6) is -6.35. The van der Waals surface area contributed by atoms with E-state index in [-0.39, 0.29) is 44.5 Å².